The maximum Gasteiger partial charge on any atom is 0.415 e. The van der Waals surface area contributed by atoms with Crippen LogP contribution in [0.1, 0.15) is 37.8 Å². The molecule has 1 aromatic heterocycles. The second-order valence-corrected chi connectivity index (χ2v) is 8.37. The van der Waals surface area contributed by atoms with Crippen LogP contribution in [0.25, 0.3) is 0 Å². The van der Waals surface area contributed by atoms with Crippen molar-refractivity contribution in [3.05, 3.63) is 42.5 Å². The molecule has 1 aromatic carbocycles. The standard InChI is InChI=1S/C23H31N5O3/c29-22(18-4-2-1-3-5-18)26-19-6-8-21(9-7-19)31-23(30)28-14-12-27(13-15-28)11-10-20-16-24-17-25-20/h6-9,16-18H,1-5,10-15H2,(H,24,25)(H,26,29). The minimum absolute atomic E-state index is 0.0924. The molecule has 2 aliphatic rings. The molecule has 0 radical (unpaired) electrons. The first-order valence-corrected chi connectivity index (χ1v) is 11.2. The van der Waals surface area contributed by atoms with Crippen LogP contribution in [0.4, 0.5) is 10.5 Å². The van der Waals surface area contributed by atoms with Crippen molar-refractivity contribution in [2.24, 2.45) is 5.92 Å². The zero-order chi connectivity index (χ0) is 21.5. The minimum Gasteiger partial charge on any atom is -0.410 e. The van der Waals surface area contributed by atoms with Crippen molar-refractivity contribution < 1.29 is 14.3 Å². The summed E-state index contributed by atoms with van der Waals surface area (Å²) in [7, 11) is 0. The predicted octanol–water partition coefficient (Wildman–Crippen LogP) is 3.29. The Balaban J connectivity index is 1.19. The summed E-state index contributed by atoms with van der Waals surface area (Å²) in [6.07, 6.45) is 9.57. The van der Waals surface area contributed by atoms with Gasteiger partial charge in [0.15, 0.2) is 0 Å². The first kappa shape index (κ1) is 21.4. The lowest BCUT2D eigenvalue weighted by atomic mass is 9.88. The molecule has 0 bridgehead atoms. The van der Waals surface area contributed by atoms with E-state index in [1.54, 1.807) is 35.5 Å². The number of imidazole rings is 1. The second kappa shape index (κ2) is 10.4. The van der Waals surface area contributed by atoms with Crippen LogP contribution in [0.2, 0.25) is 0 Å². The van der Waals surface area contributed by atoms with Crippen LogP contribution in [0, 0.1) is 5.92 Å². The summed E-state index contributed by atoms with van der Waals surface area (Å²) in [5.74, 6) is 0.696. The summed E-state index contributed by atoms with van der Waals surface area (Å²) in [6.45, 7) is 3.90. The van der Waals surface area contributed by atoms with Crippen molar-refractivity contribution in [1.82, 2.24) is 19.8 Å². The summed E-state index contributed by atoms with van der Waals surface area (Å²) in [5, 5.41) is 2.98. The molecule has 1 aliphatic heterocycles. The fourth-order valence-corrected chi connectivity index (χ4v) is 4.23. The molecule has 166 valence electrons. The Morgan fingerprint density at radius 2 is 1.81 bits per heavy atom. The average Bonchev–Trinajstić information content (AvgIpc) is 3.33. The molecular weight excluding hydrogens is 394 g/mol. The van der Waals surface area contributed by atoms with Crippen molar-refractivity contribution in [1.29, 1.82) is 0 Å². The Bertz CT molecular complexity index is 839. The van der Waals surface area contributed by atoms with Gasteiger partial charge in [-0.05, 0) is 37.1 Å². The Kier molecular flexibility index (Phi) is 7.19. The zero-order valence-corrected chi connectivity index (χ0v) is 17.9. The Morgan fingerprint density at radius 3 is 2.48 bits per heavy atom. The third-order valence-corrected chi connectivity index (χ3v) is 6.19. The fourth-order valence-electron chi connectivity index (χ4n) is 4.23. The highest BCUT2D eigenvalue weighted by Gasteiger charge is 2.23. The van der Waals surface area contributed by atoms with Gasteiger partial charge in [-0.1, -0.05) is 19.3 Å². The molecule has 2 heterocycles. The highest BCUT2D eigenvalue weighted by atomic mass is 16.6. The number of carbonyl (C=O) groups excluding carboxylic acids is 2. The first-order chi connectivity index (χ1) is 15.2. The number of hydrogen-bond acceptors (Lipinski definition) is 5. The maximum atomic E-state index is 12.5. The number of nitrogens with one attached hydrogen (secondary N) is 2. The highest BCUT2D eigenvalue weighted by Crippen LogP contribution is 2.25. The van der Waals surface area contributed by atoms with Crippen molar-refractivity contribution in [3.63, 3.8) is 0 Å². The maximum absolute atomic E-state index is 12.5. The first-order valence-electron chi connectivity index (χ1n) is 11.2. The predicted molar refractivity (Wildman–Crippen MR) is 118 cm³/mol. The Labute approximate surface area is 183 Å². The SMILES string of the molecule is O=C(Nc1ccc(OC(=O)N2CCN(CCc3cnc[nH]3)CC2)cc1)C1CCCCC1. The summed E-state index contributed by atoms with van der Waals surface area (Å²) >= 11 is 0. The van der Waals surface area contributed by atoms with E-state index >= 15 is 0 Å². The third kappa shape index (κ3) is 6.07. The number of nitrogens with zero attached hydrogens (tertiary/aromatic N) is 3. The van der Waals surface area contributed by atoms with Gasteiger partial charge in [-0.25, -0.2) is 9.78 Å². The van der Waals surface area contributed by atoms with Crippen molar-refractivity contribution in [2.45, 2.75) is 38.5 Å². The lowest BCUT2D eigenvalue weighted by Crippen LogP contribution is -2.49. The number of amides is 2. The molecule has 8 heteroatoms. The number of carbonyl (C=O) groups is 2. The van der Waals surface area contributed by atoms with E-state index in [9.17, 15) is 9.59 Å². The van der Waals surface area contributed by atoms with E-state index in [-0.39, 0.29) is 17.9 Å². The molecular formula is C23H31N5O3. The molecule has 4 rings (SSSR count). The molecule has 2 fully saturated rings. The van der Waals surface area contributed by atoms with Crippen LogP contribution in [-0.2, 0) is 11.2 Å². The van der Waals surface area contributed by atoms with E-state index in [1.807, 2.05) is 6.20 Å². The number of rotatable bonds is 6. The molecule has 1 aliphatic carbocycles. The highest BCUT2D eigenvalue weighted by molar-refractivity contribution is 5.92. The number of hydrogen-bond donors (Lipinski definition) is 2. The molecule has 2 N–H and O–H groups in total. The summed E-state index contributed by atoms with van der Waals surface area (Å²) < 4.78 is 5.53. The lowest BCUT2D eigenvalue weighted by Gasteiger charge is -2.33. The molecule has 2 amide bonds. The van der Waals surface area contributed by atoms with E-state index in [2.05, 4.69) is 20.2 Å². The van der Waals surface area contributed by atoms with Gasteiger partial charge in [0.05, 0.1) is 6.33 Å². The van der Waals surface area contributed by atoms with Gasteiger partial charge in [0, 0.05) is 62.6 Å². The van der Waals surface area contributed by atoms with Crippen LogP contribution in [0.5, 0.6) is 5.75 Å². The van der Waals surface area contributed by atoms with Gasteiger partial charge in [-0.2, -0.15) is 0 Å². The molecule has 1 saturated carbocycles. The summed E-state index contributed by atoms with van der Waals surface area (Å²) in [6, 6.07) is 7.04. The molecule has 2 aromatic rings. The molecule has 0 atom stereocenters. The summed E-state index contributed by atoms with van der Waals surface area (Å²) in [4.78, 5) is 36.1. The smallest absolute Gasteiger partial charge is 0.410 e. The van der Waals surface area contributed by atoms with Crippen LogP contribution in [-0.4, -0.2) is 64.5 Å². The van der Waals surface area contributed by atoms with E-state index < -0.39 is 0 Å². The lowest BCUT2D eigenvalue weighted by molar-refractivity contribution is -0.120. The molecule has 8 nitrogen and oxygen atoms in total. The number of aromatic nitrogens is 2. The van der Waals surface area contributed by atoms with E-state index in [4.69, 9.17) is 4.74 Å². The van der Waals surface area contributed by atoms with Gasteiger partial charge < -0.3 is 19.9 Å². The van der Waals surface area contributed by atoms with Gasteiger partial charge in [0.25, 0.3) is 0 Å². The minimum atomic E-state index is -0.327. The van der Waals surface area contributed by atoms with Gasteiger partial charge in [0.2, 0.25) is 5.91 Å². The zero-order valence-electron chi connectivity index (χ0n) is 17.9. The van der Waals surface area contributed by atoms with Crippen LogP contribution < -0.4 is 10.1 Å². The normalized spacial score (nSPS) is 18.0. The van der Waals surface area contributed by atoms with Gasteiger partial charge in [-0.15, -0.1) is 0 Å². The molecule has 0 spiro atoms. The monoisotopic (exact) mass is 425 g/mol. The van der Waals surface area contributed by atoms with Crippen molar-refractivity contribution >= 4 is 17.7 Å². The third-order valence-electron chi connectivity index (χ3n) is 6.19. The number of benzene rings is 1. The van der Waals surface area contributed by atoms with Crippen LogP contribution in [0.3, 0.4) is 0 Å². The number of ether oxygens (including phenoxy) is 1. The van der Waals surface area contributed by atoms with Crippen molar-refractivity contribution in [3.8, 4) is 5.75 Å². The Hall–Kier alpha value is -2.87. The van der Waals surface area contributed by atoms with Crippen LogP contribution >= 0.6 is 0 Å². The average molecular weight is 426 g/mol. The molecule has 1 saturated heterocycles. The number of aromatic amines is 1. The van der Waals surface area contributed by atoms with Crippen LogP contribution in [0.15, 0.2) is 36.8 Å². The largest absolute Gasteiger partial charge is 0.415 e. The fraction of sp³-hybridized carbons (Fsp3) is 0.522. The number of piperazine rings is 1. The molecule has 0 unspecified atom stereocenters. The van der Waals surface area contributed by atoms with Gasteiger partial charge in [0.1, 0.15) is 5.75 Å². The number of anilines is 1. The van der Waals surface area contributed by atoms with E-state index in [1.165, 1.54) is 6.42 Å². The molecule has 31 heavy (non-hydrogen) atoms. The van der Waals surface area contributed by atoms with Gasteiger partial charge in [-0.3, -0.25) is 9.69 Å². The quantitative estimate of drug-likeness (QED) is 0.741. The summed E-state index contributed by atoms with van der Waals surface area (Å²) in [5.41, 5.74) is 1.86. The topological polar surface area (TPSA) is 90.6 Å². The number of H-pyrrole nitrogens is 1. The van der Waals surface area contributed by atoms with E-state index in [0.29, 0.717) is 18.8 Å². The van der Waals surface area contributed by atoms with E-state index in [0.717, 1.165) is 63.1 Å². The Morgan fingerprint density at radius 1 is 1.06 bits per heavy atom. The second-order valence-electron chi connectivity index (χ2n) is 8.37. The van der Waals surface area contributed by atoms with Gasteiger partial charge >= 0.3 is 6.09 Å². The van der Waals surface area contributed by atoms with Crippen molar-refractivity contribution in [2.75, 3.05) is 38.0 Å².